The Kier molecular flexibility index (Phi) is 4.65. The van der Waals surface area contributed by atoms with Gasteiger partial charge in [-0.15, -0.1) is 11.3 Å². The molecule has 1 aliphatic rings. The molecule has 0 aromatic carbocycles. The van der Waals surface area contributed by atoms with Gasteiger partial charge >= 0.3 is 5.97 Å². The molecule has 2 atom stereocenters. The molecule has 1 aromatic heterocycles. The van der Waals surface area contributed by atoms with Crippen molar-refractivity contribution in [3.8, 4) is 0 Å². The summed E-state index contributed by atoms with van der Waals surface area (Å²) in [6.45, 7) is 0.184. The Bertz CT molecular complexity index is 569. The van der Waals surface area contributed by atoms with Crippen LogP contribution in [0.1, 0.15) is 19.3 Å². The smallest absolute Gasteiger partial charge is 0.306 e. The second-order valence-corrected chi connectivity index (χ2v) is 8.28. The second-order valence-electron chi connectivity index (χ2n) is 4.54. The minimum atomic E-state index is -3.56. The van der Waals surface area contributed by atoms with Gasteiger partial charge in [-0.25, -0.2) is 13.1 Å². The van der Waals surface area contributed by atoms with Gasteiger partial charge in [0.05, 0.1) is 5.92 Å². The third-order valence-electron chi connectivity index (χ3n) is 3.34. The third-order valence-corrected chi connectivity index (χ3v) is 7.43. The fraction of sp³-hybridized carbons (Fsp3) is 0.545. The summed E-state index contributed by atoms with van der Waals surface area (Å²) in [5, 5.41) is 10.7. The van der Waals surface area contributed by atoms with Crippen LogP contribution in [0.5, 0.6) is 0 Å². The summed E-state index contributed by atoms with van der Waals surface area (Å²) in [6.07, 6.45) is 2.22. The summed E-state index contributed by atoms with van der Waals surface area (Å²) in [5.74, 6) is -1.39. The zero-order valence-corrected chi connectivity index (χ0v) is 13.2. The minimum Gasteiger partial charge on any atom is -0.481 e. The van der Waals surface area contributed by atoms with Gasteiger partial charge < -0.3 is 5.11 Å². The lowest BCUT2D eigenvalue weighted by Gasteiger charge is -2.16. The van der Waals surface area contributed by atoms with Crippen LogP contribution in [0.15, 0.2) is 20.1 Å². The van der Waals surface area contributed by atoms with Crippen molar-refractivity contribution in [1.29, 1.82) is 0 Å². The maximum Gasteiger partial charge on any atom is 0.306 e. The fourth-order valence-corrected chi connectivity index (χ4v) is 5.83. The third kappa shape index (κ3) is 3.36. The molecule has 2 N–H and O–H groups in total. The van der Waals surface area contributed by atoms with E-state index in [-0.39, 0.29) is 16.7 Å². The summed E-state index contributed by atoms with van der Waals surface area (Å²) >= 11 is 4.32. The molecule has 0 aliphatic heterocycles. The van der Waals surface area contributed by atoms with Crippen LogP contribution in [0, 0.1) is 11.8 Å². The van der Waals surface area contributed by atoms with Gasteiger partial charge in [-0.3, -0.25) is 4.79 Å². The van der Waals surface area contributed by atoms with Crippen molar-refractivity contribution in [2.24, 2.45) is 11.8 Å². The van der Waals surface area contributed by atoms with Crippen LogP contribution in [0.3, 0.4) is 0 Å². The highest BCUT2D eigenvalue weighted by Crippen LogP contribution is 2.32. The maximum absolute atomic E-state index is 12.1. The van der Waals surface area contributed by atoms with Crippen LogP contribution in [0.4, 0.5) is 0 Å². The number of carbonyl (C=O) groups is 1. The number of thiophene rings is 1. The number of carboxylic acid groups (broad SMARTS) is 1. The molecule has 0 spiro atoms. The first-order chi connectivity index (χ1) is 8.92. The average Bonchev–Trinajstić information content (AvgIpc) is 2.94. The largest absolute Gasteiger partial charge is 0.481 e. The highest BCUT2D eigenvalue weighted by atomic mass is 79.9. The van der Waals surface area contributed by atoms with Gasteiger partial charge in [0.25, 0.3) is 10.0 Å². The number of halogens is 1. The lowest BCUT2D eigenvalue weighted by molar-refractivity contribution is -0.142. The molecule has 8 heteroatoms. The van der Waals surface area contributed by atoms with Crippen molar-refractivity contribution in [2.75, 3.05) is 6.54 Å². The quantitative estimate of drug-likeness (QED) is 0.835. The van der Waals surface area contributed by atoms with E-state index in [1.807, 2.05) is 0 Å². The van der Waals surface area contributed by atoms with Crippen LogP contribution in [-0.2, 0) is 14.8 Å². The zero-order chi connectivity index (χ0) is 14.0. The lowest BCUT2D eigenvalue weighted by Crippen LogP contribution is -2.32. The number of sulfonamides is 1. The summed E-state index contributed by atoms with van der Waals surface area (Å²) < 4.78 is 27.4. The number of hydrogen-bond donors (Lipinski definition) is 2. The van der Waals surface area contributed by atoms with E-state index in [0.29, 0.717) is 10.9 Å². The molecule has 2 rings (SSSR count). The van der Waals surface area contributed by atoms with Crippen LogP contribution in [0.25, 0.3) is 0 Å². The Morgan fingerprint density at radius 3 is 2.84 bits per heavy atom. The Balaban J connectivity index is 2.03. The van der Waals surface area contributed by atoms with Crippen LogP contribution >= 0.6 is 27.3 Å². The topological polar surface area (TPSA) is 83.5 Å². The average molecular weight is 368 g/mol. The van der Waals surface area contributed by atoms with Gasteiger partial charge in [0.2, 0.25) is 0 Å². The lowest BCUT2D eigenvalue weighted by atomic mass is 9.97. The molecule has 0 radical (unpaired) electrons. The van der Waals surface area contributed by atoms with E-state index in [0.717, 1.165) is 24.2 Å². The van der Waals surface area contributed by atoms with Gasteiger partial charge in [-0.1, -0.05) is 6.42 Å². The summed E-state index contributed by atoms with van der Waals surface area (Å²) in [4.78, 5) is 11.0. The highest BCUT2D eigenvalue weighted by Gasteiger charge is 2.33. The summed E-state index contributed by atoms with van der Waals surface area (Å²) in [5.41, 5.74) is 0. The van der Waals surface area contributed by atoms with Gasteiger partial charge in [0, 0.05) is 11.0 Å². The summed E-state index contributed by atoms with van der Waals surface area (Å²) in [7, 11) is -3.56. The molecule has 0 bridgehead atoms. The van der Waals surface area contributed by atoms with Crippen molar-refractivity contribution in [1.82, 2.24) is 4.72 Å². The van der Waals surface area contributed by atoms with Crippen molar-refractivity contribution in [3.05, 3.63) is 15.9 Å². The van der Waals surface area contributed by atoms with Crippen LogP contribution in [0.2, 0.25) is 0 Å². The standard InChI is InChI=1S/C11H14BrNO4S2/c12-9-4-5-18-11(9)19(16,17)13-6-7-2-1-3-8(7)10(14)15/h4-5,7-8,13H,1-3,6H2,(H,14,15). The maximum atomic E-state index is 12.1. The first kappa shape index (κ1) is 15.0. The van der Waals surface area contributed by atoms with Gasteiger partial charge in [0.15, 0.2) is 0 Å². The zero-order valence-electron chi connectivity index (χ0n) is 10.0. The number of nitrogens with one attached hydrogen (secondary N) is 1. The van der Waals surface area contributed by atoms with Gasteiger partial charge in [-0.2, -0.15) is 0 Å². The fourth-order valence-electron chi connectivity index (χ4n) is 2.36. The van der Waals surface area contributed by atoms with Crippen LogP contribution in [-0.4, -0.2) is 26.0 Å². The van der Waals surface area contributed by atoms with Crippen molar-refractivity contribution >= 4 is 43.3 Å². The molecule has 1 aliphatic carbocycles. The Morgan fingerprint density at radius 2 is 2.26 bits per heavy atom. The molecular weight excluding hydrogens is 354 g/mol. The highest BCUT2D eigenvalue weighted by molar-refractivity contribution is 9.10. The molecule has 2 unspecified atom stereocenters. The Morgan fingerprint density at radius 1 is 1.53 bits per heavy atom. The molecule has 1 aromatic rings. The minimum absolute atomic E-state index is 0.119. The van der Waals surface area contributed by atoms with Gasteiger partial charge in [0.1, 0.15) is 4.21 Å². The molecular formula is C11H14BrNO4S2. The van der Waals surface area contributed by atoms with Crippen LogP contribution < -0.4 is 4.72 Å². The molecule has 1 heterocycles. The van der Waals surface area contributed by atoms with Crippen molar-refractivity contribution in [3.63, 3.8) is 0 Å². The normalized spacial score (nSPS) is 23.6. The van der Waals surface area contributed by atoms with E-state index in [9.17, 15) is 13.2 Å². The van der Waals surface area contributed by atoms with E-state index in [4.69, 9.17) is 5.11 Å². The first-order valence-electron chi connectivity index (χ1n) is 5.87. The molecule has 1 saturated carbocycles. The van der Waals surface area contributed by atoms with Crippen molar-refractivity contribution in [2.45, 2.75) is 23.5 Å². The molecule has 0 saturated heterocycles. The SMILES string of the molecule is O=C(O)C1CCCC1CNS(=O)(=O)c1sccc1Br. The molecule has 1 fully saturated rings. The van der Waals surface area contributed by atoms with E-state index in [2.05, 4.69) is 20.7 Å². The van der Waals surface area contributed by atoms with Gasteiger partial charge in [-0.05, 0) is 46.1 Å². The Hall–Kier alpha value is -0.440. The Labute approximate surface area is 124 Å². The van der Waals surface area contributed by atoms with E-state index < -0.39 is 21.9 Å². The number of aliphatic carboxylic acids is 1. The predicted molar refractivity (Wildman–Crippen MR) is 75.7 cm³/mol. The number of rotatable bonds is 5. The first-order valence-corrected chi connectivity index (χ1v) is 9.03. The molecule has 5 nitrogen and oxygen atoms in total. The van der Waals surface area contributed by atoms with E-state index >= 15 is 0 Å². The van der Waals surface area contributed by atoms with Crippen molar-refractivity contribution < 1.29 is 18.3 Å². The summed E-state index contributed by atoms with van der Waals surface area (Å²) in [6, 6.07) is 1.68. The number of carboxylic acids is 1. The number of hydrogen-bond acceptors (Lipinski definition) is 4. The monoisotopic (exact) mass is 367 g/mol. The molecule has 0 amide bonds. The molecule has 19 heavy (non-hydrogen) atoms. The van der Waals surface area contributed by atoms with E-state index in [1.165, 1.54) is 0 Å². The second kappa shape index (κ2) is 5.90. The molecule has 106 valence electrons. The predicted octanol–water partition coefficient (Wildman–Crippen LogP) is 2.29. The van der Waals surface area contributed by atoms with E-state index in [1.54, 1.807) is 11.4 Å².